The Hall–Kier alpha value is -2.98. The van der Waals surface area contributed by atoms with Crippen LogP contribution in [0.5, 0.6) is 0 Å². The molecule has 0 unspecified atom stereocenters. The average Bonchev–Trinajstić information content (AvgIpc) is 3.33. The number of amides is 1. The molecule has 0 saturated carbocycles. The van der Waals surface area contributed by atoms with Crippen molar-refractivity contribution in [1.29, 1.82) is 0 Å². The fourth-order valence-corrected chi connectivity index (χ4v) is 6.02. The number of ether oxygens (including phenoxy) is 2. The zero-order valence-electron chi connectivity index (χ0n) is 19.2. The number of hydrogen-bond donors (Lipinski definition) is 0. The first-order valence-corrected chi connectivity index (χ1v) is 12.6. The van der Waals surface area contributed by atoms with Gasteiger partial charge in [0.1, 0.15) is 0 Å². The van der Waals surface area contributed by atoms with Gasteiger partial charge in [-0.2, -0.15) is 4.31 Å². The van der Waals surface area contributed by atoms with Crippen LogP contribution in [0.25, 0.3) is 22.6 Å². The van der Waals surface area contributed by atoms with Crippen molar-refractivity contribution in [3.05, 3.63) is 59.8 Å². The molecule has 0 radical (unpaired) electrons. The van der Waals surface area contributed by atoms with Crippen LogP contribution in [-0.4, -0.2) is 70.3 Å². The van der Waals surface area contributed by atoms with E-state index in [0.29, 0.717) is 56.3 Å². The maximum atomic E-state index is 13.2. The van der Waals surface area contributed by atoms with Gasteiger partial charge in [0.05, 0.1) is 30.4 Å². The molecule has 2 aliphatic heterocycles. The Labute approximate surface area is 199 Å². The van der Waals surface area contributed by atoms with Crippen LogP contribution in [0.2, 0.25) is 0 Å². The van der Waals surface area contributed by atoms with Crippen molar-refractivity contribution in [1.82, 2.24) is 8.87 Å². The van der Waals surface area contributed by atoms with Gasteiger partial charge >= 0.3 is 0 Å². The van der Waals surface area contributed by atoms with E-state index in [1.807, 2.05) is 36.5 Å². The highest BCUT2D eigenvalue weighted by molar-refractivity contribution is 7.89. The molecule has 3 heterocycles. The average molecular weight is 482 g/mol. The van der Waals surface area contributed by atoms with Crippen molar-refractivity contribution < 1.29 is 22.7 Å². The summed E-state index contributed by atoms with van der Waals surface area (Å²) < 4.78 is 40.5. The largest absolute Gasteiger partial charge is 0.383 e. The third-order valence-corrected chi connectivity index (χ3v) is 8.31. The molecule has 2 aliphatic rings. The van der Waals surface area contributed by atoms with Gasteiger partial charge in [0.2, 0.25) is 10.0 Å². The van der Waals surface area contributed by atoms with Gasteiger partial charge in [-0.3, -0.25) is 4.79 Å². The van der Waals surface area contributed by atoms with E-state index in [-0.39, 0.29) is 10.8 Å². The summed E-state index contributed by atoms with van der Waals surface area (Å²) in [5, 5.41) is 1.02. The van der Waals surface area contributed by atoms with Gasteiger partial charge < -0.3 is 18.9 Å². The number of nitrogens with zero attached hydrogens (tertiary/aromatic N) is 3. The highest BCUT2D eigenvalue weighted by atomic mass is 32.2. The summed E-state index contributed by atoms with van der Waals surface area (Å²) in [7, 11) is -0.301. The molecule has 0 bridgehead atoms. The number of fused-ring (bicyclic) bond motifs is 2. The van der Waals surface area contributed by atoms with E-state index in [1.54, 1.807) is 37.3 Å². The molecule has 178 valence electrons. The molecule has 5 rings (SSSR count). The van der Waals surface area contributed by atoms with Crippen molar-refractivity contribution in [2.24, 2.45) is 0 Å². The van der Waals surface area contributed by atoms with Crippen LogP contribution >= 0.6 is 0 Å². The van der Waals surface area contributed by atoms with Gasteiger partial charge in [-0.1, -0.05) is 18.2 Å². The third-order valence-electron chi connectivity index (χ3n) is 6.42. The van der Waals surface area contributed by atoms with E-state index in [9.17, 15) is 13.2 Å². The smallest absolute Gasteiger partial charge is 0.258 e. The SMILES string of the molecule is COCCn1cc(/C=C2\C(=O)N(C)c3ccc(S(=O)(=O)N4CCOCC4)cc32)c2ccccc21. The van der Waals surface area contributed by atoms with Crippen molar-refractivity contribution >= 4 is 44.2 Å². The van der Waals surface area contributed by atoms with Crippen LogP contribution < -0.4 is 4.90 Å². The number of methoxy groups -OCH3 is 1. The minimum atomic E-state index is -3.68. The molecular formula is C25H27N3O5S. The summed E-state index contributed by atoms with van der Waals surface area (Å²) in [4.78, 5) is 14.9. The molecule has 34 heavy (non-hydrogen) atoms. The molecule has 3 aromatic rings. The minimum absolute atomic E-state index is 0.162. The van der Waals surface area contributed by atoms with E-state index in [2.05, 4.69) is 4.57 Å². The number of para-hydroxylation sites is 1. The van der Waals surface area contributed by atoms with Crippen molar-refractivity contribution in [3.8, 4) is 0 Å². The molecule has 9 heteroatoms. The fourth-order valence-electron chi connectivity index (χ4n) is 4.58. The quantitative estimate of drug-likeness (QED) is 0.506. The Morgan fingerprint density at radius 1 is 1.12 bits per heavy atom. The second-order valence-electron chi connectivity index (χ2n) is 8.41. The zero-order chi connectivity index (χ0) is 23.9. The molecule has 0 aliphatic carbocycles. The normalized spacial score (nSPS) is 18.2. The number of morpholine rings is 1. The summed E-state index contributed by atoms with van der Waals surface area (Å²) >= 11 is 0. The number of rotatable bonds is 6. The first-order valence-electron chi connectivity index (χ1n) is 11.2. The Bertz CT molecular complexity index is 1390. The third kappa shape index (κ3) is 3.84. The number of carbonyl (C=O) groups is 1. The van der Waals surface area contributed by atoms with Crippen LogP contribution in [0.4, 0.5) is 5.69 Å². The van der Waals surface area contributed by atoms with E-state index >= 15 is 0 Å². The van der Waals surface area contributed by atoms with E-state index in [1.165, 1.54) is 4.31 Å². The van der Waals surface area contributed by atoms with Crippen LogP contribution in [-0.2, 0) is 30.8 Å². The molecule has 0 atom stereocenters. The molecule has 2 aromatic carbocycles. The molecule has 1 amide bonds. The lowest BCUT2D eigenvalue weighted by atomic mass is 10.0. The summed E-state index contributed by atoms with van der Waals surface area (Å²) in [5.74, 6) is -0.162. The topological polar surface area (TPSA) is 81.1 Å². The zero-order valence-corrected chi connectivity index (χ0v) is 20.0. The van der Waals surface area contributed by atoms with E-state index < -0.39 is 10.0 Å². The highest BCUT2D eigenvalue weighted by Gasteiger charge is 2.33. The van der Waals surface area contributed by atoms with Crippen LogP contribution in [0.15, 0.2) is 53.6 Å². The molecule has 1 aromatic heterocycles. The molecular weight excluding hydrogens is 454 g/mol. The summed E-state index contributed by atoms with van der Waals surface area (Å²) in [6.45, 7) is 2.66. The predicted octanol–water partition coefficient (Wildman–Crippen LogP) is 2.83. The Kier molecular flexibility index (Phi) is 6.03. The monoisotopic (exact) mass is 481 g/mol. The highest BCUT2D eigenvalue weighted by Crippen LogP contribution is 2.39. The Morgan fingerprint density at radius 3 is 2.65 bits per heavy atom. The van der Waals surface area contributed by atoms with Gasteiger partial charge in [0.25, 0.3) is 5.91 Å². The maximum absolute atomic E-state index is 13.2. The fraction of sp³-hybridized carbons (Fsp3) is 0.320. The van der Waals surface area contributed by atoms with Crippen molar-refractivity contribution in [2.45, 2.75) is 11.4 Å². The minimum Gasteiger partial charge on any atom is -0.383 e. The van der Waals surface area contributed by atoms with Gasteiger partial charge in [-0.15, -0.1) is 0 Å². The maximum Gasteiger partial charge on any atom is 0.258 e. The Balaban J connectivity index is 1.60. The number of aromatic nitrogens is 1. The predicted molar refractivity (Wildman–Crippen MR) is 131 cm³/mol. The number of likely N-dealkylation sites (N-methyl/N-ethyl adjacent to an activating group) is 1. The molecule has 0 N–H and O–H groups in total. The van der Waals surface area contributed by atoms with Crippen LogP contribution in [0.3, 0.4) is 0 Å². The summed E-state index contributed by atoms with van der Waals surface area (Å²) in [5.41, 5.74) is 3.74. The number of carbonyl (C=O) groups excluding carboxylic acids is 1. The van der Waals surface area contributed by atoms with Gasteiger partial charge in [-0.05, 0) is 30.3 Å². The second-order valence-corrected chi connectivity index (χ2v) is 10.3. The second kappa shape index (κ2) is 8.99. The van der Waals surface area contributed by atoms with Crippen LogP contribution in [0.1, 0.15) is 11.1 Å². The standard InChI is InChI=1S/C25H27N3O5S/c1-26-23-8-7-19(34(30,31)28-10-13-33-14-11-28)16-21(23)22(25(26)29)15-18-17-27(9-12-32-2)24-6-4-3-5-20(18)24/h3-8,15-17H,9-14H2,1-2H3/b22-15-. The first-order chi connectivity index (χ1) is 16.4. The van der Waals surface area contributed by atoms with E-state index in [0.717, 1.165) is 16.5 Å². The van der Waals surface area contributed by atoms with Crippen molar-refractivity contribution in [3.63, 3.8) is 0 Å². The number of benzene rings is 2. The van der Waals surface area contributed by atoms with Gasteiger partial charge in [0.15, 0.2) is 0 Å². The number of anilines is 1. The summed E-state index contributed by atoms with van der Waals surface area (Å²) in [6.07, 6.45) is 3.87. The molecule has 0 spiro atoms. The molecule has 1 fully saturated rings. The first kappa shape index (κ1) is 22.8. The number of hydrogen-bond acceptors (Lipinski definition) is 5. The van der Waals surface area contributed by atoms with Crippen LogP contribution in [0, 0.1) is 0 Å². The lowest BCUT2D eigenvalue weighted by Crippen LogP contribution is -2.40. The van der Waals surface area contributed by atoms with Gasteiger partial charge in [0, 0.05) is 67.6 Å². The summed E-state index contributed by atoms with van der Waals surface area (Å²) in [6, 6.07) is 12.9. The lowest BCUT2D eigenvalue weighted by Gasteiger charge is -2.26. The van der Waals surface area contributed by atoms with Gasteiger partial charge in [-0.25, -0.2) is 8.42 Å². The molecule has 1 saturated heterocycles. The Morgan fingerprint density at radius 2 is 1.88 bits per heavy atom. The lowest BCUT2D eigenvalue weighted by molar-refractivity contribution is -0.112. The van der Waals surface area contributed by atoms with E-state index in [4.69, 9.17) is 9.47 Å². The number of sulfonamides is 1. The molecule has 8 nitrogen and oxygen atoms in total. The van der Waals surface area contributed by atoms with Crippen molar-refractivity contribution in [2.75, 3.05) is 52.0 Å².